The van der Waals surface area contributed by atoms with Crippen molar-refractivity contribution < 1.29 is 18.7 Å². The average Bonchev–Trinajstić information content (AvgIpc) is 2.92. The lowest BCUT2D eigenvalue weighted by molar-refractivity contribution is -0.138. The van der Waals surface area contributed by atoms with Gasteiger partial charge in [0, 0.05) is 35.6 Å². The van der Waals surface area contributed by atoms with Crippen molar-refractivity contribution in [3.63, 3.8) is 0 Å². The van der Waals surface area contributed by atoms with Crippen LogP contribution in [0.25, 0.3) is 0 Å². The van der Waals surface area contributed by atoms with Gasteiger partial charge in [-0.25, -0.2) is 9.18 Å². The van der Waals surface area contributed by atoms with Crippen molar-refractivity contribution in [3.05, 3.63) is 89.2 Å². The minimum Gasteiger partial charge on any atom is -0.481 e. The van der Waals surface area contributed by atoms with Crippen LogP contribution in [0.5, 0.6) is 5.75 Å². The van der Waals surface area contributed by atoms with Crippen LogP contribution in [0.15, 0.2) is 66.7 Å². The van der Waals surface area contributed by atoms with Crippen LogP contribution < -0.4 is 15.4 Å². The summed E-state index contributed by atoms with van der Waals surface area (Å²) in [4.78, 5) is 26.9. The molecule has 0 spiro atoms. The van der Waals surface area contributed by atoms with Gasteiger partial charge in [0.2, 0.25) is 0 Å². The number of nitrogens with one attached hydrogen (secondary N) is 2. The molecule has 3 aromatic rings. The second-order valence-corrected chi connectivity index (χ2v) is 8.72. The molecule has 0 aliphatic carbocycles. The fraction of sp³-hybridized carbons (Fsp3) is 0.259. The van der Waals surface area contributed by atoms with Crippen LogP contribution in [-0.4, -0.2) is 22.9 Å². The van der Waals surface area contributed by atoms with Crippen molar-refractivity contribution in [1.29, 1.82) is 0 Å². The first-order valence-corrected chi connectivity index (χ1v) is 11.3. The number of amides is 3. The molecule has 1 atom stereocenters. The molecule has 34 heavy (non-hydrogen) atoms. The molecule has 0 bridgehead atoms. The Labute approximate surface area is 198 Å². The summed E-state index contributed by atoms with van der Waals surface area (Å²) < 4.78 is 20.0. The zero-order chi connectivity index (χ0) is 24.2. The van der Waals surface area contributed by atoms with Crippen LogP contribution in [-0.2, 0) is 17.9 Å². The summed E-state index contributed by atoms with van der Waals surface area (Å²) >= 11 is 0. The second kappa shape index (κ2) is 9.95. The molecule has 6 nitrogen and oxygen atoms in total. The largest absolute Gasteiger partial charge is 0.481 e. The van der Waals surface area contributed by atoms with Crippen LogP contribution in [0.1, 0.15) is 43.4 Å². The highest BCUT2D eigenvalue weighted by Gasteiger charge is 2.28. The first-order chi connectivity index (χ1) is 16.3. The lowest BCUT2D eigenvalue weighted by Crippen LogP contribution is -2.37. The third-order valence-electron chi connectivity index (χ3n) is 5.80. The van der Waals surface area contributed by atoms with Crippen LogP contribution in [0.2, 0.25) is 0 Å². The van der Waals surface area contributed by atoms with Crippen LogP contribution in [0.3, 0.4) is 0 Å². The molecule has 3 amide bonds. The Bertz CT molecular complexity index is 1190. The summed E-state index contributed by atoms with van der Waals surface area (Å²) in [6.07, 6.45) is -0.705. The van der Waals surface area contributed by atoms with Gasteiger partial charge in [0.15, 0.2) is 6.10 Å². The summed E-state index contributed by atoms with van der Waals surface area (Å²) in [5.74, 6) is 0.391. The zero-order valence-electron chi connectivity index (χ0n) is 19.5. The molecule has 7 heteroatoms. The number of ether oxygens (including phenoxy) is 1. The molecule has 1 aliphatic heterocycles. The van der Waals surface area contributed by atoms with Crippen molar-refractivity contribution in [2.75, 3.05) is 10.6 Å². The van der Waals surface area contributed by atoms with Crippen molar-refractivity contribution in [3.8, 4) is 5.75 Å². The predicted molar refractivity (Wildman–Crippen MR) is 130 cm³/mol. The molecule has 1 heterocycles. The van der Waals surface area contributed by atoms with Gasteiger partial charge in [-0.3, -0.25) is 4.79 Å². The number of hydrogen-bond donors (Lipinski definition) is 2. The molecule has 4 rings (SSSR count). The highest BCUT2D eigenvalue weighted by atomic mass is 19.1. The van der Waals surface area contributed by atoms with E-state index >= 15 is 0 Å². The van der Waals surface area contributed by atoms with Crippen molar-refractivity contribution in [2.45, 2.75) is 45.9 Å². The fourth-order valence-electron chi connectivity index (χ4n) is 3.89. The molecule has 0 saturated carbocycles. The molecule has 0 radical (unpaired) electrons. The number of fused-ring (bicyclic) bond motifs is 1. The number of benzene rings is 3. The van der Waals surface area contributed by atoms with Gasteiger partial charge in [-0.1, -0.05) is 44.2 Å². The maximum Gasteiger partial charge on any atom is 0.323 e. The molecule has 0 saturated heterocycles. The van der Waals surface area contributed by atoms with E-state index in [1.165, 1.54) is 11.6 Å². The Morgan fingerprint density at radius 3 is 2.44 bits per heavy atom. The number of nitrogens with zero attached hydrogens (tertiary/aromatic N) is 1. The van der Waals surface area contributed by atoms with Gasteiger partial charge in [0.05, 0.1) is 0 Å². The van der Waals surface area contributed by atoms with Gasteiger partial charge in [0.1, 0.15) is 11.6 Å². The Balaban J connectivity index is 1.48. The fourth-order valence-corrected chi connectivity index (χ4v) is 3.89. The number of urea groups is 1. The summed E-state index contributed by atoms with van der Waals surface area (Å²) in [5, 5.41) is 5.65. The molecular formula is C27H28FN3O3. The Hall–Kier alpha value is -3.87. The molecule has 2 N–H and O–H groups in total. The van der Waals surface area contributed by atoms with Gasteiger partial charge < -0.3 is 20.3 Å². The molecule has 0 unspecified atom stereocenters. The number of hydrogen-bond acceptors (Lipinski definition) is 3. The van der Waals surface area contributed by atoms with Crippen LogP contribution in [0.4, 0.5) is 20.6 Å². The predicted octanol–water partition coefficient (Wildman–Crippen LogP) is 5.90. The third-order valence-corrected chi connectivity index (χ3v) is 5.80. The van der Waals surface area contributed by atoms with Gasteiger partial charge in [0.25, 0.3) is 5.91 Å². The molecule has 0 aromatic heterocycles. The maximum atomic E-state index is 14.2. The Kier molecular flexibility index (Phi) is 6.82. The monoisotopic (exact) mass is 461 g/mol. The van der Waals surface area contributed by atoms with E-state index in [-0.39, 0.29) is 30.8 Å². The van der Waals surface area contributed by atoms with Gasteiger partial charge in [-0.15, -0.1) is 0 Å². The molecule has 176 valence electrons. The highest BCUT2D eigenvalue weighted by molar-refractivity contribution is 5.99. The van der Waals surface area contributed by atoms with E-state index in [4.69, 9.17) is 4.74 Å². The van der Waals surface area contributed by atoms with Crippen molar-refractivity contribution in [2.24, 2.45) is 0 Å². The molecule has 1 aliphatic rings. The standard InChI is InChI=1S/C27H28FN3O3/c1-17(2)19-8-10-22(11-9-19)29-27(33)30-23-12-13-25-21(14-23)16-31(26(32)18(3)34-25)15-20-6-4-5-7-24(20)28/h4-14,17-18H,15-16H2,1-3H3,(H2,29,30,33)/t18-/m1/s1. The van der Waals surface area contributed by atoms with E-state index < -0.39 is 6.10 Å². The number of halogens is 1. The van der Waals surface area contributed by atoms with E-state index in [0.29, 0.717) is 28.6 Å². The number of rotatable bonds is 5. The Morgan fingerprint density at radius 1 is 1.06 bits per heavy atom. The van der Waals surface area contributed by atoms with E-state index in [2.05, 4.69) is 24.5 Å². The van der Waals surface area contributed by atoms with Gasteiger partial charge in [-0.2, -0.15) is 0 Å². The lowest BCUT2D eigenvalue weighted by Gasteiger charge is -2.22. The first kappa shape index (κ1) is 23.3. The summed E-state index contributed by atoms with van der Waals surface area (Å²) in [7, 11) is 0. The molecule has 3 aromatic carbocycles. The number of carbonyl (C=O) groups is 2. The Morgan fingerprint density at radius 2 is 1.74 bits per heavy atom. The van der Waals surface area contributed by atoms with Crippen molar-refractivity contribution >= 4 is 23.3 Å². The zero-order valence-corrected chi connectivity index (χ0v) is 19.5. The summed E-state index contributed by atoms with van der Waals surface area (Å²) in [6.45, 7) is 6.27. The number of anilines is 2. The minimum absolute atomic E-state index is 0.128. The minimum atomic E-state index is -0.705. The van der Waals surface area contributed by atoms with E-state index in [9.17, 15) is 14.0 Å². The smallest absolute Gasteiger partial charge is 0.323 e. The first-order valence-electron chi connectivity index (χ1n) is 11.3. The van der Waals surface area contributed by atoms with E-state index in [1.54, 1.807) is 48.2 Å². The van der Waals surface area contributed by atoms with E-state index in [0.717, 1.165) is 5.56 Å². The second-order valence-electron chi connectivity index (χ2n) is 8.72. The highest BCUT2D eigenvalue weighted by Crippen LogP contribution is 2.30. The maximum absolute atomic E-state index is 14.2. The average molecular weight is 462 g/mol. The SMILES string of the molecule is CC(C)c1ccc(NC(=O)Nc2ccc3c(c2)CN(Cc2ccccc2F)C(=O)[C@@H](C)O3)cc1. The lowest BCUT2D eigenvalue weighted by atomic mass is 10.0. The summed E-state index contributed by atoms with van der Waals surface area (Å²) in [6, 6.07) is 19.0. The number of carbonyl (C=O) groups excluding carboxylic acids is 2. The van der Waals surface area contributed by atoms with Gasteiger partial charge in [-0.05, 0) is 54.8 Å². The van der Waals surface area contributed by atoms with Crippen LogP contribution >= 0.6 is 0 Å². The normalized spacial score (nSPS) is 15.4. The van der Waals surface area contributed by atoms with Crippen LogP contribution in [0, 0.1) is 5.82 Å². The molecular weight excluding hydrogens is 433 g/mol. The third kappa shape index (κ3) is 5.36. The topological polar surface area (TPSA) is 70.7 Å². The summed E-state index contributed by atoms with van der Waals surface area (Å²) in [5.41, 5.74) is 3.61. The van der Waals surface area contributed by atoms with Gasteiger partial charge >= 0.3 is 6.03 Å². The van der Waals surface area contributed by atoms with E-state index in [1.807, 2.05) is 24.3 Å². The van der Waals surface area contributed by atoms with Crippen molar-refractivity contribution in [1.82, 2.24) is 4.90 Å². The quantitative estimate of drug-likeness (QED) is 0.497. The molecule has 0 fully saturated rings.